The molecule has 3 saturated heterocycles. The Hall–Kier alpha value is -3.54. The number of rotatable bonds is 7. The number of ether oxygens (including phenoxy) is 2. The summed E-state index contributed by atoms with van der Waals surface area (Å²) in [5, 5.41) is 17.6. The monoisotopic (exact) mass is 561 g/mol. The van der Waals surface area contributed by atoms with E-state index in [1.165, 1.54) is 0 Å². The summed E-state index contributed by atoms with van der Waals surface area (Å²) in [5.41, 5.74) is 2.94. The van der Waals surface area contributed by atoms with Crippen molar-refractivity contribution in [3.05, 3.63) is 35.9 Å². The van der Waals surface area contributed by atoms with Crippen LogP contribution in [0.3, 0.4) is 0 Å². The fourth-order valence-corrected chi connectivity index (χ4v) is 6.08. The van der Waals surface area contributed by atoms with Gasteiger partial charge in [0.2, 0.25) is 11.9 Å². The quantitative estimate of drug-likeness (QED) is 0.396. The normalized spacial score (nSPS) is 21.8. The van der Waals surface area contributed by atoms with Gasteiger partial charge in [-0.3, -0.25) is 4.79 Å². The molecule has 3 aliphatic heterocycles. The van der Waals surface area contributed by atoms with Gasteiger partial charge in [0.05, 0.1) is 50.1 Å². The van der Waals surface area contributed by atoms with Crippen LogP contribution in [0, 0.1) is 0 Å². The summed E-state index contributed by atoms with van der Waals surface area (Å²) in [6.07, 6.45) is 3.67. The third-order valence-corrected chi connectivity index (χ3v) is 8.42. The molecule has 11 heteroatoms. The molecule has 3 aliphatic rings. The number of piperidine rings is 1. The highest BCUT2D eigenvalue weighted by atomic mass is 16.5. The Morgan fingerprint density at radius 2 is 2.00 bits per heavy atom. The van der Waals surface area contributed by atoms with Crippen LogP contribution < -0.4 is 20.3 Å². The second-order valence-corrected chi connectivity index (χ2v) is 11.1. The van der Waals surface area contributed by atoms with Crippen LogP contribution in [0.25, 0.3) is 22.3 Å². The van der Waals surface area contributed by atoms with Gasteiger partial charge in [-0.2, -0.15) is 9.97 Å². The molecule has 1 amide bonds. The molecule has 0 spiro atoms. The summed E-state index contributed by atoms with van der Waals surface area (Å²) < 4.78 is 11.1. The Morgan fingerprint density at radius 3 is 2.73 bits per heavy atom. The number of methoxy groups -OCH3 is 1. The second kappa shape index (κ2) is 12.1. The molecule has 2 aromatic heterocycles. The smallest absolute Gasteiger partial charge is 0.239 e. The van der Waals surface area contributed by atoms with Crippen molar-refractivity contribution in [2.75, 3.05) is 56.7 Å². The van der Waals surface area contributed by atoms with E-state index in [9.17, 15) is 9.90 Å². The van der Waals surface area contributed by atoms with E-state index >= 15 is 0 Å². The van der Waals surface area contributed by atoms with Crippen LogP contribution in [-0.2, 0) is 16.1 Å². The van der Waals surface area contributed by atoms with Crippen molar-refractivity contribution in [2.45, 2.75) is 57.3 Å². The fraction of sp³-hybridized carbons (Fsp3) is 0.533. The first kappa shape index (κ1) is 27.6. The Labute approximate surface area is 240 Å². The highest BCUT2D eigenvalue weighted by Gasteiger charge is 2.30. The number of pyridine rings is 1. The number of amides is 1. The van der Waals surface area contributed by atoms with E-state index < -0.39 is 0 Å². The summed E-state index contributed by atoms with van der Waals surface area (Å²) >= 11 is 0. The van der Waals surface area contributed by atoms with Crippen molar-refractivity contribution in [3.8, 4) is 17.0 Å². The van der Waals surface area contributed by atoms with Crippen molar-refractivity contribution >= 4 is 28.7 Å². The Kier molecular flexibility index (Phi) is 8.18. The topological polar surface area (TPSA) is 125 Å². The van der Waals surface area contributed by atoms with Crippen LogP contribution >= 0.6 is 0 Å². The lowest BCUT2D eigenvalue weighted by Gasteiger charge is -2.35. The lowest BCUT2D eigenvalue weighted by atomic mass is 10.0. The number of nitrogens with one attached hydrogen (secondary N) is 2. The van der Waals surface area contributed by atoms with Gasteiger partial charge in [-0.15, -0.1) is 0 Å². The molecule has 5 heterocycles. The Balaban J connectivity index is 1.28. The number of carbonyl (C=O) groups excluding carboxylic acids is 1. The molecule has 11 nitrogen and oxygen atoms in total. The van der Waals surface area contributed by atoms with E-state index in [1.807, 2.05) is 35.2 Å². The molecule has 2 atom stereocenters. The molecule has 0 bridgehead atoms. The maximum absolute atomic E-state index is 12.9. The molecule has 1 unspecified atom stereocenters. The highest BCUT2D eigenvalue weighted by Crippen LogP contribution is 2.31. The average molecular weight is 562 g/mol. The van der Waals surface area contributed by atoms with Gasteiger partial charge >= 0.3 is 0 Å². The number of nitrogens with zero attached hydrogens (tertiary/aromatic N) is 5. The van der Waals surface area contributed by atoms with E-state index in [1.54, 1.807) is 7.11 Å². The van der Waals surface area contributed by atoms with Crippen LogP contribution in [0.5, 0.6) is 5.75 Å². The minimum atomic E-state index is -0.124. The lowest BCUT2D eigenvalue weighted by molar-refractivity contribution is -0.134. The number of anilines is 2. The summed E-state index contributed by atoms with van der Waals surface area (Å²) in [6.45, 7) is 6.41. The molecular weight excluding hydrogens is 522 g/mol. The van der Waals surface area contributed by atoms with Crippen molar-refractivity contribution in [2.24, 2.45) is 0 Å². The number of likely N-dealkylation sites (tertiary alicyclic amines) is 1. The Bertz CT molecular complexity index is 1390. The van der Waals surface area contributed by atoms with Gasteiger partial charge in [0.1, 0.15) is 11.6 Å². The lowest BCUT2D eigenvalue weighted by Crippen LogP contribution is -2.49. The number of aliphatic hydroxyl groups excluding tert-OH is 1. The predicted molar refractivity (Wildman–Crippen MR) is 157 cm³/mol. The van der Waals surface area contributed by atoms with Gasteiger partial charge in [-0.1, -0.05) is 0 Å². The van der Waals surface area contributed by atoms with Crippen molar-refractivity contribution in [1.82, 2.24) is 25.2 Å². The number of fused-ring (bicyclic) bond motifs is 1. The van der Waals surface area contributed by atoms with Crippen molar-refractivity contribution < 1.29 is 19.4 Å². The van der Waals surface area contributed by atoms with Crippen LogP contribution in [0.15, 0.2) is 30.3 Å². The number of hydrogen-bond acceptors (Lipinski definition) is 10. The minimum absolute atomic E-state index is 0.0270. The van der Waals surface area contributed by atoms with E-state index in [2.05, 4.69) is 22.5 Å². The number of benzene rings is 1. The highest BCUT2D eigenvalue weighted by molar-refractivity contribution is 5.90. The van der Waals surface area contributed by atoms with Crippen LogP contribution in [-0.4, -0.2) is 95.5 Å². The van der Waals surface area contributed by atoms with E-state index in [0.717, 1.165) is 74.3 Å². The summed E-state index contributed by atoms with van der Waals surface area (Å²) in [7, 11) is 1.59. The molecule has 1 aromatic carbocycles. The zero-order valence-electron chi connectivity index (χ0n) is 23.8. The number of carbonyl (C=O) groups is 1. The number of morpholine rings is 1. The first-order valence-corrected chi connectivity index (χ1v) is 14.6. The molecule has 0 aliphatic carbocycles. The maximum Gasteiger partial charge on any atom is 0.239 e. The van der Waals surface area contributed by atoms with Gasteiger partial charge in [0.15, 0.2) is 5.65 Å². The first-order chi connectivity index (χ1) is 20.0. The first-order valence-electron chi connectivity index (χ1n) is 14.6. The van der Waals surface area contributed by atoms with E-state index in [4.69, 9.17) is 24.4 Å². The molecule has 3 aromatic rings. The molecule has 41 heavy (non-hydrogen) atoms. The van der Waals surface area contributed by atoms with Crippen molar-refractivity contribution in [3.63, 3.8) is 0 Å². The third-order valence-electron chi connectivity index (χ3n) is 8.42. The molecule has 3 N–H and O–H groups in total. The van der Waals surface area contributed by atoms with Gasteiger partial charge in [-0.25, -0.2) is 4.98 Å². The SMILES string of the molecule is COc1ccc(-c2ccc3c(N4CCOC[C@@H]4C)nc(NC4CCN(C(=O)C5CCCN5)CC4)nc3n2)cc1CO. The van der Waals surface area contributed by atoms with Crippen LogP contribution in [0.4, 0.5) is 11.8 Å². The van der Waals surface area contributed by atoms with Gasteiger partial charge in [-0.05, 0) is 69.5 Å². The van der Waals surface area contributed by atoms with Crippen molar-refractivity contribution in [1.29, 1.82) is 0 Å². The molecule has 3 fully saturated rings. The van der Waals surface area contributed by atoms with E-state index in [-0.39, 0.29) is 30.6 Å². The summed E-state index contributed by atoms with van der Waals surface area (Å²) in [6, 6.07) is 10.00. The molecule has 0 saturated carbocycles. The molecular formula is C30H39N7O4. The number of hydrogen-bond donors (Lipinski definition) is 3. The fourth-order valence-electron chi connectivity index (χ4n) is 6.08. The average Bonchev–Trinajstić information content (AvgIpc) is 3.56. The predicted octanol–water partition coefficient (Wildman–Crippen LogP) is 2.57. The van der Waals surface area contributed by atoms with E-state index in [0.29, 0.717) is 36.1 Å². The number of aliphatic hydroxyl groups is 1. The standard InChI is InChI=1S/C30H39N7O4/c1-19-18-41-15-14-37(19)28-23-6-7-24(20-5-8-26(40-2)21(16-20)17-38)33-27(23)34-30(35-28)32-22-9-12-36(13-10-22)29(39)25-4-3-11-31-25/h5-8,16,19,22,25,31,38H,3-4,9-15,17-18H2,1-2H3,(H,32,33,34,35)/t19-,25?/m0/s1. The van der Waals surface area contributed by atoms with Crippen LogP contribution in [0.1, 0.15) is 38.2 Å². The Morgan fingerprint density at radius 1 is 1.15 bits per heavy atom. The summed E-state index contributed by atoms with van der Waals surface area (Å²) in [5.74, 6) is 2.26. The zero-order valence-corrected chi connectivity index (χ0v) is 23.8. The molecule has 0 radical (unpaired) electrons. The summed E-state index contributed by atoms with van der Waals surface area (Å²) in [4.78, 5) is 32.0. The van der Waals surface area contributed by atoms with Crippen LogP contribution in [0.2, 0.25) is 0 Å². The second-order valence-electron chi connectivity index (χ2n) is 11.1. The van der Waals surface area contributed by atoms with Gasteiger partial charge in [0.25, 0.3) is 0 Å². The van der Waals surface area contributed by atoms with Gasteiger partial charge in [0, 0.05) is 36.8 Å². The zero-order chi connectivity index (χ0) is 28.3. The number of aromatic nitrogens is 3. The van der Waals surface area contributed by atoms with Gasteiger partial charge < -0.3 is 35.0 Å². The molecule has 6 rings (SSSR count). The third kappa shape index (κ3) is 5.79. The molecule has 218 valence electrons. The largest absolute Gasteiger partial charge is 0.496 e. The maximum atomic E-state index is 12.9. The minimum Gasteiger partial charge on any atom is -0.496 e.